The second-order valence-corrected chi connectivity index (χ2v) is 7.98. The lowest BCUT2D eigenvalue weighted by molar-refractivity contribution is -0.142. The van der Waals surface area contributed by atoms with Gasteiger partial charge in [-0.1, -0.05) is 44.2 Å². The molecular weight excluding hydrogens is 428 g/mol. The molecule has 0 aliphatic heterocycles. The molecule has 0 bridgehead atoms. The smallest absolute Gasteiger partial charge is 0.332 e. The number of nitrogens with zero attached hydrogens (tertiary/aromatic N) is 3. The number of Topliss-reactive ketones (excluding diaryl/α,β-unsaturated/α-hetero) is 1. The normalized spacial score (nSPS) is 11.0. The van der Waals surface area contributed by atoms with Gasteiger partial charge in [0.25, 0.3) is 5.56 Å². The van der Waals surface area contributed by atoms with Crippen LogP contribution in [0, 0.1) is 5.92 Å². The van der Waals surface area contributed by atoms with Crippen LogP contribution < -0.4 is 17.0 Å². The van der Waals surface area contributed by atoms with E-state index in [1.165, 1.54) is 11.6 Å². The number of nitrogens with two attached hydrogens (primary N) is 1. The Kier molecular flexibility index (Phi) is 7.27. The fraction of sp³-hybridized carbons (Fsp3) is 0.348. The molecule has 10 heteroatoms. The average Bonchev–Trinajstić information content (AvgIpc) is 3.27. The van der Waals surface area contributed by atoms with Crippen molar-refractivity contribution in [1.29, 1.82) is 0 Å². The highest BCUT2D eigenvalue weighted by Gasteiger charge is 2.23. The topological polar surface area (TPSA) is 139 Å². The first-order valence-corrected chi connectivity index (χ1v) is 10.5. The molecule has 2 N–H and O–H groups in total. The molecule has 0 radical (unpaired) electrons. The minimum Gasteiger partial charge on any atom is -0.457 e. The molecule has 1 aromatic carbocycles. The first-order chi connectivity index (χ1) is 15.7. The Morgan fingerprint density at radius 3 is 2.55 bits per heavy atom. The highest BCUT2D eigenvalue weighted by molar-refractivity contribution is 6.01. The number of oxazole rings is 1. The molecule has 0 aliphatic rings. The average molecular weight is 454 g/mol. The van der Waals surface area contributed by atoms with Crippen LogP contribution in [-0.2, 0) is 29.5 Å². The summed E-state index contributed by atoms with van der Waals surface area (Å²) in [6.45, 7) is 3.31. The molecule has 174 valence electrons. The summed E-state index contributed by atoms with van der Waals surface area (Å²) >= 11 is 0. The van der Waals surface area contributed by atoms with Crippen LogP contribution in [0.1, 0.15) is 36.5 Å². The molecule has 0 saturated heterocycles. The van der Waals surface area contributed by atoms with Crippen molar-refractivity contribution < 1.29 is 18.7 Å². The summed E-state index contributed by atoms with van der Waals surface area (Å²) in [6.07, 6.45) is 1.69. The van der Waals surface area contributed by atoms with Gasteiger partial charge in [0.05, 0.1) is 12.6 Å². The summed E-state index contributed by atoms with van der Waals surface area (Å²) in [5.74, 6) is -0.671. The van der Waals surface area contributed by atoms with Gasteiger partial charge in [0.2, 0.25) is 5.78 Å². The maximum absolute atomic E-state index is 12.6. The standard InChI is InChI=1S/C23H26N4O6/c1-14(2)12-27-21(24)20(22(30)26(3)23(27)31)16(28)13-32-19(29)10-9-18-25-11-17(33-18)15-7-5-4-6-8-15/h4-8,11,14H,9-10,12-13,24H2,1-3H3. The van der Waals surface area contributed by atoms with Crippen LogP contribution in [0.4, 0.5) is 5.82 Å². The van der Waals surface area contributed by atoms with E-state index in [0.717, 1.165) is 10.1 Å². The minimum atomic E-state index is -0.827. The summed E-state index contributed by atoms with van der Waals surface area (Å²) in [5.41, 5.74) is 5.02. The van der Waals surface area contributed by atoms with Crippen LogP contribution >= 0.6 is 0 Å². The van der Waals surface area contributed by atoms with E-state index in [4.69, 9.17) is 14.9 Å². The highest BCUT2D eigenvalue weighted by Crippen LogP contribution is 2.20. The quantitative estimate of drug-likeness (QED) is 0.381. The summed E-state index contributed by atoms with van der Waals surface area (Å²) in [4.78, 5) is 53.7. The molecule has 0 spiro atoms. The molecule has 0 saturated carbocycles. The highest BCUT2D eigenvalue weighted by atomic mass is 16.5. The van der Waals surface area contributed by atoms with Gasteiger partial charge in [-0.25, -0.2) is 9.78 Å². The lowest BCUT2D eigenvalue weighted by atomic mass is 10.1. The van der Waals surface area contributed by atoms with E-state index >= 15 is 0 Å². The van der Waals surface area contributed by atoms with Gasteiger partial charge in [0, 0.05) is 25.6 Å². The lowest BCUT2D eigenvalue weighted by Crippen LogP contribution is -2.43. The van der Waals surface area contributed by atoms with Crippen LogP contribution in [0.25, 0.3) is 11.3 Å². The third-order valence-corrected chi connectivity index (χ3v) is 4.93. The molecule has 0 atom stereocenters. The van der Waals surface area contributed by atoms with Gasteiger partial charge in [-0.3, -0.25) is 23.5 Å². The van der Waals surface area contributed by atoms with Gasteiger partial charge >= 0.3 is 11.7 Å². The van der Waals surface area contributed by atoms with Gasteiger partial charge < -0.3 is 14.9 Å². The van der Waals surface area contributed by atoms with Gasteiger partial charge in [0.15, 0.2) is 18.3 Å². The minimum absolute atomic E-state index is 0.0564. The van der Waals surface area contributed by atoms with Gasteiger partial charge in [0.1, 0.15) is 11.4 Å². The zero-order valence-corrected chi connectivity index (χ0v) is 18.7. The van der Waals surface area contributed by atoms with Crippen LogP contribution in [0.15, 0.2) is 50.5 Å². The van der Waals surface area contributed by atoms with Crippen molar-refractivity contribution in [3.63, 3.8) is 0 Å². The van der Waals surface area contributed by atoms with Gasteiger partial charge in [-0.15, -0.1) is 0 Å². The number of hydrogen-bond acceptors (Lipinski definition) is 8. The predicted octanol–water partition coefficient (Wildman–Crippen LogP) is 1.80. The lowest BCUT2D eigenvalue weighted by Gasteiger charge is -2.16. The molecule has 33 heavy (non-hydrogen) atoms. The number of aromatic nitrogens is 3. The molecule has 0 fully saturated rings. The molecule has 0 unspecified atom stereocenters. The molecular formula is C23H26N4O6. The summed E-state index contributed by atoms with van der Waals surface area (Å²) in [7, 11) is 1.27. The first-order valence-electron chi connectivity index (χ1n) is 10.5. The monoisotopic (exact) mass is 454 g/mol. The number of hydrogen-bond donors (Lipinski definition) is 1. The van der Waals surface area contributed by atoms with E-state index in [-0.39, 0.29) is 36.7 Å². The van der Waals surface area contributed by atoms with Crippen molar-refractivity contribution in [3.8, 4) is 11.3 Å². The van der Waals surface area contributed by atoms with Crippen LogP contribution in [0.2, 0.25) is 0 Å². The largest absolute Gasteiger partial charge is 0.457 e. The Labute approximate surface area is 189 Å². The van der Waals surface area contributed by atoms with Crippen molar-refractivity contribution >= 4 is 17.6 Å². The number of rotatable bonds is 9. The maximum atomic E-state index is 12.6. The Hall–Kier alpha value is -3.95. The Morgan fingerprint density at radius 2 is 1.88 bits per heavy atom. The maximum Gasteiger partial charge on any atom is 0.332 e. The summed E-state index contributed by atoms with van der Waals surface area (Å²) in [5, 5.41) is 0. The van der Waals surface area contributed by atoms with E-state index < -0.39 is 29.6 Å². The Morgan fingerprint density at radius 1 is 1.18 bits per heavy atom. The number of aryl methyl sites for hydroxylation is 1. The fourth-order valence-corrected chi connectivity index (χ4v) is 3.25. The van der Waals surface area contributed by atoms with Crippen molar-refractivity contribution in [1.82, 2.24) is 14.1 Å². The molecule has 0 aliphatic carbocycles. The van der Waals surface area contributed by atoms with Gasteiger partial charge in [-0.05, 0) is 5.92 Å². The number of carbonyl (C=O) groups excluding carboxylic acids is 2. The molecule has 3 rings (SSSR count). The molecule has 3 aromatic rings. The SMILES string of the molecule is CC(C)Cn1c(N)c(C(=O)COC(=O)CCc2ncc(-c3ccccc3)o2)c(=O)n(C)c1=O. The number of anilines is 1. The molecule has 0 amide bonds. The van der Waals surface area contributed by atoms with Crippen molar-refractivity contribution in [2.24, 2.45) is 13.0 Å². The molecule has 2 aromatic heterocycles. The number of ether oxygens (including phenoxy) is 1. The third kappa shape index (κ3) is 5.46. The summed E-state index contributed by atoms with van der Waals surface area (Å²) < 4.78 is 12.7. The van der Waals surface area contributed by atoms with Crippen molar-refractivity contribution in [3.05, 3.63) is 68.8 Å². The number of nitrogen functional groups attached to an aromatic ring is 1. The number of ketones is 1. The molecule has 10 nitrogen and oxygen atoms in total. The van der Waals surface area contributed by atoms with Gasteiger partial charge in [-0.2, -0.15) is 0 Å². The second-order valence-electron chi connectivity index (χ2n) is 7.98. The van der Waals surface area contributed by atoms with Crippen molar-refractivity contribution in [2.75, 3.05) is 12.3 Å². The van der Waals surface area contributed by atoms with Crippen molar-refractivity contribution in [2.45, 2.75) is 33.2 Å². The fourth-order valence-electron chi connectivity index (χ4n) is 3.25. The van der Waals surface area contributed by atoms with Crippen LogP contribution in [0.3, 0.4) is 0 Å². The number of carbonyl (C=O) groups is 2. The molecule has 2 heterocycles. The van der Waals surface area contributed by atoms with E-state index in [1.54, 1.807) is 6.20 Å². The number of benzene rings is 1. The second kappa shape index (κ2) is 10.1. The number of esters is 1. The van der Waals surface area contributed by atoms with E-state index in [2.05, 4.69) is 4.98 Å². The van der Waals surface area contributed by atoms with E-state index in [1.807, 2.05) is 44.2 Å². The first kappa shape index (κ1) is 23.7. The zero-order valence-electron chi connectivity index (χ0n) is 18.7. The Bertz CT molecular complexity index is 1270. The zero-order chi connectivity index (χ0) is 24.1. The van der Waals surface area contributed by atoms with E-state index in [9.17, 15) is 19.2 Å². The van der Waals surface area contributed by atoms with Crippen LogP contribution in [-0.4, -0.2) is 32.5 Å². The van der Waals surface area contributed by atoms with E-state index in [0.29, 0.717) is 11.7 Å². The Balaban J connectivity index is 1.63. The third-order valence-electron chi connectivity index (χ3n) is 4.93. The van der Waals surface area contributed by atoms with Crippen LogP contribution in [0.5, 0.6) is 0 Å². The predicted molar refractivity (Wildman–Crippen MR) is 121 cm³/mol. The summed E-state index contributed by atoms with van der Waals surface area (Å²) in [6, 6.07) is 9.40.